The van der Waals surface area contributed by atoms with E-state index < -0.39 is 11.7 Å². The molecule has 0 radical (unpaired) electrons. The molecule has 2 nitrogen and oxygen atoms in total. The van der Waals surface area contributed by atoms with E-state index in [9.17, 15) is 18.0 Å². The maximum Gasteiger partial charge on any atom is 0.416 e. The van der Waals surface area contributed by atoms with Gasteiger partial charge in [-0.3, -0.25) is 4.79 Å². The molecule has 0 aromatic heterocycles. The van der Waals surface area contributed by atoms with Crippen molar-refractivity contribution >= 4 is 33.8 Å². The molecule has 0 saturated heterocycles. The number of halogens is 5. The van der Waals surface area contributed by atoms with Gasteiger partial charge in [0.05, 0.1) is 10.6 Å². The summed E-state index contributed by atoms with van der Waals surface area (Å²) in [7, 11) is 0. The molecule has 0 atom stereocenters. The van der Waals surface area contributed by atoms with Crippen LogP contribution in [0.15, 0.2) is 40.9 Å². The lowest BCUT2D eigenvalue weighted by atomic mass is 10.2. The molecule has 0 aliphatic rings. The summed E-state index contributed by atoms with van der Waals surface area (Å²) >= 11 is 8.97. The molecule has 2 rings (SSSR count). The second-order valence-electron chi connectivity index (χ2n) is 4.05. The van der Waals surface area contributed by atoms with E-state index in [0.29, 0.717) is 22.1 Å². The molecule has 0 aliphatic heterocycles. The number of carbonyl (C=O) groups excluding carboxylic acids is 1. The van der Waals surface area contributed by atoms with Crippen LogP contribution in [0.1, 0.15) is 15.9 Å². The van der Waals surface area contributed by atoms with Crippen molar-refractivity contribution in [3.63, 3.8) is 0 Å². The molecule has 0 fully saturated rings. The first-order valence-electron chi connectivity index (χ1n) is 5.60. The fourth-order valence-corrected chi connectivity index (χ4v) is 2.12. The number of ether oxygens (including phenoxy) is 1. The van der Waals surface area contributed by atoms with Gasteiger partial charge in [0.15, 0.2) is 6.29 Å². The Kier molecular flexibility index (Phi) is 4.58. The summed E-state index contributed by atoms with van der Waals surface area (Å²) in [5, 5.41) is -0.166. The van der Waals surface area contributed by atoms with E-state index in [4.69, 9.17) is 16.3 Å². The summed E-state index contributed by atoms with van der Waals surface area (Å²) in [5.41, 5.74) is -0.500. The highest BCUT2D eigenvalue weighted by Crippen LogP contribution is 2.36. The Morgan fingerprint density at radius 3 is 2.43 bits per heavy atom. The minimum atomic E-state index is -4.47. The van der Waals surface area contributed by atoms with Crippen molar-refractivity contribution in [2.24, 2.45) is 0 Å². The van der Waals surface area contributed by atoms with Gasteiger partial charge in [0, 0.05) is 10.0 Å². The standard InChI is InChI=1S/C14H7BrClF3O2/c15-11-3-2-10(5-8(11)7-20)21-13-4-1-9(6-12(13)16)14(17,18)19/h1-7H. The zero-order valence-electron chi connectivity index (χ0n) is 10.2. The highest BCUT2D eigenvalue weighted by atomic mass is 79.9. The van der Waals surface area contributed by atoms with Crippen LogP contribution in [0.4, 0.5) is 13.2 Å². The number of rotatable bonds is 3. The van der Waals surface area contributed by atoms with E-state index in [0.717, 1.165) is 18.2 Å². The molecule has 0 bridgehead atoms. The van der Waals surface area contributed by atoms with Crippen LogP contribution in [0.5, 0.6) is 11.5 Å². The van der Waals surface area contributed by atoms with E-state index in [1.54, 1.807) is 12.1 Å². The van der Waals surface area contributed by atoms with E-state index in [1.165, 1.54) is 6.07 Å². The molecule has 0 saturated carbocycles. The first-order valence-corrected chi connectivity index (χ1v) is 6.77. The second kappa shape index (κ2) is 6.07. The third-order valence-electron chi connectivity index (χ3n) is 2.58. The zero-order valence-corrected chi connectivity index (χ0v) is 12.6. The quantitative estimate of drug-likeness (QED) is 0.637. The summed E-state index contributed by atoms with van der Waals surface area (Å²) in [6.07, 6.45) is -3.84. The summed E-state index contributed by atoms with van der Waals surface area (Å²) in [6.45, 7) is 0. The van der Waals surface area contributed by atoms with Crippen molar-refractivity contribution < 1.29 is 22.7 Å². The van der Waals surface area contributed by atoms with Crippen molar-refractivity contribution in [3.8, 4) is 11.5 Å². The molecule has 0 heterocycles. The van der Waals surface area contributed by atoms with Gasteiger partial charge in [0.1, 0.15) is 11.5 Å². The summed E-state index contributed by atoms with van der Waals surface area (Å²) in [5.74, 6) is 0.366. The fourth-order valence-electron chi connectivity index (χ4n) is 1.56. The van der Waals surface area contributed by atoms with Crippen LogP contribution in [0.3, 0.4) is 0 Å². The Labute approximate surface area is 131 Å². The molecule has 0 N–H and O–H groups in total. The highest BCUT2D eigenvalue weighted by molar-refractivity contribution is 9.10. The van der Waals surface area contributed by atoms with Crippen LogP contribution >= 0.6 is 27.5 Å². The molecule has 7 heteroatoms. The van der Waals surface area contributed by atoms with Crippen LogP contribution in [0, 0.1) is 0 Å². The Morgan fingerprint density at radius 1 is 1.14 bits per heavy atom. The fraction of sp³-hybridized carbons (Fsp3) is 0.0714. The van der Waals surface area contributed by atoms with Gasteiger partial charge in [-0.25, -0.2) is 0 Å². The maximum absolute atomic E-state index is 12.5. The van der Waals surface area contributed by atoms with E-state index in [2.05, 4.69) is 15.9 Å². The van der Waals surface area contributed by atoms with E-state index in [1.807, 2.05) is 0 Å². The third kappa shape index (κ3) is 3.77. The molecule has 110 valence electrons. The second-order valence-corrected chi connectivity index (χ2v) is 5.31. The van der Waals surface area contributed by atoms with Gasteiger partial charge in [0.25, 0.3) is 0 Å². The van der Waals surface area contributed by atoms with Gasteiger partial charge in [-0.05, 0) is 36.4 Å². The van der Waals surface area contributed by atoms with Gasteiger partial charge >= 0.3 is 6.18 Å². The number of aldehydes is 1. The first-order chi connectivity index (χ1) is 9.81. The maximum atomic E-state index is 12.5. The Morgan fingerprint density at radius 2 is 1.86 bits per heavy atom. The van der Waals surface area contributed by atoms with Crippen molar-refractivity contribution in [2.45, 2.75) is 6.18 Å². The predicted octanol–water partition coefficient (Wildman–Crippen LogP) is 5.73. The predicted molar refractivity (Wildman–Crippen MR) is 76.1 cm³/mol. The lowest BCUT2D eigenvalue weighted by Crippen LogP contribution is -2.04. The Hall–Kier alpha value is -1.53. The Bertz CT molecular complexity index is 686. The molecule has 21 heavy (non-hydrogen) atoms. The van der Waals surface area contributed by atoms with Gasteiger partial charge in [-0.1, -0.05) is 27.5 Å². The summed E-state index contributed by atoms with van der Waals surface area (Å²) in [6, 6.07) is 7.40. The molecule has 2 aromatic rings. The average molecular weight is 380 g/mol. The largest absolute Gasteiger partial charge is 0.456 e. The number of benzene rings is 2. The highest BCUT2D eigenvalue weighted by Gasteiger charge is 2.31. The van der Waals surface area contributed by atoms with Crippen LogP contribution in [0.25, 0.3) is 0 Å². The topological polar surface area (TPSA) is 26.3 Å². The monoisotopic (exact) mass is 378 g/mol. The summed E-state index contributed by atoms with van der Waals surface area (Å²) < 4.78 is 43.6. The van der Waals surface area contributed by atoms with Crippen LogP contribution in [-0.2, 0) is 6.18 Å². The number of hydrogen-bond acceptors (Lipinski definition) is 2. The molecule has 2 aromatic carbocycles. The minimum Gasteiger partial charge on any atom is -0.456 e. The molecule has 0 spiro atoms. The third-order valence-corrected chi connectivity index (χ3v) is 3.60. The Balaban J connectivity index is 2.30. The van der Waals surface area contributed by atoms with Gasteiger partial charge in [-0.2, -0.15) is 13.2 Å². The molecular weight excluding hydrogens is 373 g/mol. The molecule has 0 aliphatic carbocycles. The van der Waals surface area contributed by atoms with Crippen molar-refractivity contribution in [1.29, 1.82) is 0 Å². The lowest BCUT2D eigenvalue weighted by Gasteiger charge is -2.11. The number of hydrogen-bond donors (Lipinski definition) is 0. The van der Waals surface area contributed by atoms with Crippen LogP contribution in [0.2, 0.25) is 5.02 Å². The molecule has 0 amide bonds. The van der Waals surface area contributed by atoms with E-state index >= 15 is 0 Å². The normalized spacial score (nSPS) is 11.3. The summed E-state index contributed by atoms with van der Waals surface area (Å²) in [4.78, 5) is 10.8. The average Bonchev–Trinajstić information content (AvgIpc) is 2.42. The molecular formula is C14H7BrClF3O2. The van der Waals surface area contributed by atoms with Gasteiger partial charge in [-0.15, -0.1) is 0 Å². The number of carbonyl (C=O) groups is 1. The first kappa shape index (κ1) is 15.9. The minimum absolute atomic E-state index is 0.0730. The molecule has 0 unspecified atom stereocenters. The zero-order chi connectivity index (χ0) is 15.6. The lowest BCUT2D eigenvalue weighted by molar-refractivity contribution is -0.137. The smallest absolute Gasteiger partial charge is 0.416 e. The van der Waals surface area contributed by atoms with Gasteiger partial charge < -0.3 is 4.74 Å². The SMILES string of the molecule is O=Cc1cc(Oc2ccc(C(F)(F)F)cc2Cl)ccc1Br. The van der Waals surface area contributed by atoms with Crippen molar-refractivity contribution in [1.82, 2.24) is 0 Å². The van der Waals surface area contributed by atoms with Crippen molar-refractivity contribution in [3.05, 3.63) is 57.0 Å². The van der Waals surface area contributed by atoms with Crippen LogP contribution < -0.4 is 4.74 Å². The van der Waals surface area contributed by atoms with Crippen LogP contribution in [-0.4, -0.2) is 6.29 Å². The van der Waals surface area contributed by atoms with Gasteiger partial charge in [0.2, 0.25) is 0 Å². The number of alkyl halides is 3. The van der Waals surface area contributed by atoms with Crippen molar-refractivity contribution in [2.75, 3.05) is 0 Å². The van der Waals surface area contributed by atoms with E-state index in [-0.39, 0.29) is 10.8 Å².